The molecule has 0 amide bonds. The van der Waals surface area contributed by atoms with E-state index in [0.29, 0.717) is 21.6 Å². The number of carbonyl (C=O) groups is 1. The van der Waals surface area contributed by atoms with Gasteiger partial charge in [-0.15, -0.1) is 11.3 Å². The SMILES string of the molecule is O=C(O)C[C@H](NC(=S)Nc1nccc(-c2cccs2)n1)c1ccc(Cl)cc1Cl. The van der Waals surface area contributed by atoms with E-state index in [9.17, 15) is 9.90 Å². The first-order chi connectivity index (χ1) is 13.4. The van der Waals surface area contributed by atoms with Crippen LogP contribution in [0.15, 0.2) is 48.0 Å². The third-order valence-electron chi connectivity index (χ3n) is 3.68. The van der Waals surface area contributed by atoms with Gasteiger partial charge in [0.1, 0.15) is 0 Å². The lowest BCUT2D eigenvalue weighted by Crippen LogP contribution is -2.34. The number of carboxylic acid groups (broad SMARTS) is 1. The van der Waals surface area contributed by atoms with Crippen molar-refractivity contribution in [1.29, 1.82) is 0 Å². The van der Waals surface area contributed by atoms with Crippen LogP contribution in [-0.4, -0.2) is 26.2 Å². The average molecular weight is 453 g/mol. The maximum absolute atomic E-state index is 11.3. The number of rotatable bonds is 6. The van der Waals surface area contributed by atoms with Crippen molar-refractivity contribution in [3.63, 3.8) is 0 Å². The van der Waals surface area contributed by atoms with E-state index < -0.39 is 12.0 Å². The molecule has 1 aromatic carbocycles. The highest BCUT2D eigenvalue weighted by Crippen LogP contribution is 2.28. The van der Waals surface area contributed by atoms with Crippen LogP contribution in [-0.2, 0) is 4.79 Å². The maximum Gasteiger partial charge on any atom is 0.305 e. The first kappa shape index (κ1) is 20.5. The molecule has 1 atom stereocenters. The van der Waals surface area contributed by atoms with Crippen LogP contribution in [0.5, 0.6) is 0 Å². The normalized spacial score (nSPS) is 11.6. The summed E-state index contributed by atoms with van der Waals surface area (Å²) >= 11 is 19.0. The Morgan fingerprint density at radius 3 is 2.79 bits per heavy atom. The highest BCUT2D eigenvalue weighted by molar-refractivity contribution is 7.80. The van der Waals surface area contributed by atoms with Crippen molar-refractivity contribution in [2.24, 2.45) is 0 Å². The minimum atomic E-state index is -0.998. The fourth-order valence-electron chi connectivity index (χ4n) is 2.47. The van der Waals surface area contributed by atoms with Crippen LogP contribution in [0.3, 0.4) is 0 Å². The van der Waals surface area contributed by atoms with Gasteiger partial charge in [0, 0.05) is 16.2 Å². The van der Waals surface area contributed by atoms with Crippen LogP contribution in [0, 0.1) is 0 Å². The molecule has 0 aliphatic heterocycles. The third-order valence-corrected chi connectivity index (χ3v) is 5.35. The quantitative estimate of drug-likeness (QED) is 0.452. The van der Waals surface area contributed by atoms with Gasteiger partial charge in [0.15, 0.2) is 5.11 Å². The number of nitrogens with one attached hydrogen (secondary N) is 2. The van der Waals surface area contributed by atoms with Gasteiger partial charge in [0.2, 0.25) is 5.95 Å². The molecule has 0 fully saturated rings. The van der Waals surface area contributed by atoms with Crippen molar-refractivity contribution in [2.45, 2.75) is 12.5 Å². The van der Waals surface area contributed by atoms with Gasteiger partial charge < -0.3 is 15.7 Å². The van der Waals surface area contributed by atoms with E-state index in [1.54, 1.807) is 41.8 Å². The number of aliphatic carboxylic acids is 1. The Hall–Kier alpha value is -2.26. The first-order valence-electron chi connectivity index (χ1n) is 8.03. The Bertz CT molecular complexity index is 999. The van der Waals surface area contributed by atoms with Crippen LogP contribution in [0.1, 0.15) is 18.0 Å². The van der Waals surface area contributed by atoms with Crippen molar-refractivity contribution < 1.29 is 9.90 Å². The maximum atomic E-state index is 11.3. The van der Waals surface area contributed by atoms with Gasteiger partial charge in [-0.2, -0.15) is 0 Å². The Morgan fingerprint density at radius 2 is 2.11 bits per heavy atom. The topological polar surface area (TPSA) is 87.1 Å². The van der Waals surface area contributed by atoms with E-state index in [-0.39, 0.29) is 11.5 Å². The van der Waals surface area contributed by atoms with Gasteiger partial charge in [-0.1, -0.05) is 35.3 Å². The molecule has 3 N–H and O–H groups in total. The number of thiophene rings is 1. The van der Waals surface area contributed by atoms with E-state index in [2.05, 4.69) is 20.6 Å². The summed E-state index contributed by atoms with van der Waals surface area (Å²) in [5.41, 5.74) is 1.34. The standard InChI is InChI=1S/C18H14Cl2N4O2S2/c19-10-3-4-11(12(20)8-10)14(9-16(25)26)23-18(27)24-17-21-6-5-13(22-17)15-2-1-7-28-15/h1-8,14H,9H2,(H,25,26)(H2,21,22,23,24,27)/t14-/m0/s1. The van der Waals surface area contributed by atoms with Gasteiger partial charge in [-0.3, -0.25) is 4.79 Å². The Kier molecular flexibility index (Phi) is 6.79. The number of aromatic nitrogens is 2. The number of halogens is 2. The molecule has 144 valence electrons. The van der Waals surface area contributed by atoms with E-state index >= 15 is 0 Å². The van der Waals surface area contributed by atoms with Crippen molar-refractivity contribution in [3.8, 4) is 10.6 Å². The number of anilines is 1. The van der Waals surface area contributed by atoms with Gasteiger partial charge in [0.05, 0.1) is 23.0 Å². The summed E-state index contributed by atoms with van der Waals surface area (Å²) < 4.78 is 0. The second-order valence-corrected chi connectivity index (χ2v) is 7.86. The second kappa shape index (κ2) is 9.29. The van der Waals surface area contributed by atoms with Crippen LogP contribution in [0.2, 0.25) is 10.0 Å². The number of thiocarbonyl (C=S) groups is 1. The van der Waals surface area contributed by atoms with E-state index in [0.717, 1.165) is 10.6 Å². The number of nitrogens with zero attached hydrogens (tertiary/aromatic N) is 2. The zero-order valence-corrected chi connectivity index (χ0v) is 17.4. The summed E-state index contributed by atoms with van der Waals surface area (Å²) in [7, 11) is 0. The molecular weight excluding hydrogens is 439 g/mol. The highest BCUT2D eigenvalue weighted by Gasteiger charge is 2.20. The zero-order chi connectivity index (χ0) is 20.1. The molecule has 0 spiro atoms. The number of benzene rings is 1. The molecule has 10 heteroatoms. The monoisotopic (exact) mass is 452 g/mol. The minimum Gasteiger partial charge on any atom is -0.481 e. The molecule has 0 aliphatic carbocycles. The summed E-state index contributed by atoms with van der Waals surface area (Å²) in [5, 5.41) is 18.0. The van der Waals surface area contributed by atoms with Crippen LogP contribution in [0.4, 0.5) is 5.95 Å². The second-order valence-electron chi connectivity index (χ2n) is 5.66. The highest BCUT2D eigenvalue weighted by atomic mass is 35.5. The first-order valence-corrected chi connectivity index (χ1v) is 10.1. The smallest absolute Gasteiger partial charge is 0.305 e. The van der Waals surface area contributed by atoms with Gasteiger partial charge in [0.25, 0.3) is 0 Å². The number of hydrogen-bond donors (Lipinski definition) is 3. The average Bonchev–Trinajstić information content (AvgIpc) is 3.15. The van der Waals surface area contributed by atoms with Crippen molar-refractivity contribution in [2.75, 3.05) is 5.32 Å². The summed E-state index contributed by atoms with van der Waals surface area (Å²) in [5.74, 6) is -0.693. The molecule has 0 radical (unpaired) electrons. The Balaban J connectivity index is 1.75. The molecule has 3 rings (SSSR count). The zero-order valence-electron chi connectivity index (χ0n) is 14.2. The van der Waals surface area contributed by atoms with Crippen molar-refractivity contribution in [3.05, 3.63) is 63.6 Å². The summed E-state index contributed by atoms with van der Waals surface area (Å²) in [4.78, 5) is 20.9. The lowest BCUT2D eigenvalue weighted by atomic mass is 10.0. The molecular formula is C18H14Cl2N4O2S2. The van der Waals surface area contributed by atoms with Crippen molar-refractivity contribution in [1.82, 2.24) is 15.3 Å². The lowest BCUT2D eigenvalue weighted by molar-refractivity contribution is -0.137. The van der Waals surface area contributed by atoms with Gasteiger partial charge >= 0.3 is 5.97 Å². The number of hydrogen-bond acceptors (Lipinski definition) is 5. The summed E-state index contributed by atoms with van der Waals surface area (Å²) in [6, 6.07) is 9.91. The van der Waals surface area contributed by atoms with E-state index in [4.69, 9.17) is 35.4 Å². The van der Waals surface area contributed by atoms with E-state index in [1.165, 1.54) is 0 Å². The minimum absolute atomic E-state index is 0.181. The molecule has 0 saturated heterocycles. The molecule has 0 saturated carbocycles. The van der Waals surface area contributed by atoms with E-state index in [1.807, 2.05) is 17.5 Å². The number of carboxylic acids is 1. The van der Waals surface area contributed by atoms with Gasteiger partial charge in [-0.05, 0) is 47.4 Å². The predicted molar refractivity (Wildman–Crippen MR) is 116 cm³/mol. The summed E-state index contributed by atoms with van der Waals surface area (Å²) in [6.45, 7) is 0. The molecule has 0 unspecified atom stereocenters. The predicted octanol–water partition coefficient (Wildman–Crippen LogP) is 5.01. The van der Waals surface area contributed by atoms with Gasteiger partial charge in [-0.25, -0.2) is 9.97 Å². The van der Waals surface area contributed by atoms with Crippen LogP contribution in [0.25, 0.3) is 10.6 Å². The molecule has 6 nitrogen and oxygen atoms in total. The third kappa shape index (κ3) is 5.39. The Labute approximate surface area is 180 Å². The van der Waals surface area contributed by atoms with Crippen LogP contribution < -0.4 is 10.6 Å². The van der Waals surface area contributed by atoms with Crippen LogP contribution >= 0.6 is 46.8 Å². The molecule has 0 bridgehead atoms. The van der Waals surface area contributed by atoms with Crippen molar-refractivity contribution >= 4 is 63.8 Å². The molecule has 0 aliphatic rings. The molecule has 3 aromatic rings. The summed E-state index contributed by atoms with van der Waals surface area (Å²) in [6.07, 6.45) is 1.40. The Morgan fingerprint density at radius 1 is 1.29 bits per heavy atom. The molecule has 2 aromatic heterocycles. The molecule has 2 heterocycles. The lowest BCUT2D eigenvalue weighted by Gasteiger charge is -2.20. The fourth-order valence-corrected chi connectivity index (χ4v) is 3.94. The fraction of sp³-hybridized carbons (Fsp3) is 0.111. The molecule has 28 heavy (non-hydrogen) atoms. The largest absolute Gasteiger partial charge is 0.481 e.